The number of nitrogens with zero attached hydrogens (tertiary/aromatic N) is 4. The van der Waals surface area contributed by atoms with E-state index in [2.05, 4.69) is 14.9 Å². The van der Waals surface area contributed by atoms with Crippen LogP contribution in [0.4, 0.5) is 5.95 Å². The number of halogens is 1. The molecule has 0 aliphatic carbocycles. The number of aliphatic hydroxyl groups is 1. The van der Waals surface area contributed by atoms with Crippen molar-refractivity contribution in [3.8, 4) is 5.75 Å². The molecule has 2 N–H and O–H groups in total. The van der Waals surface area contributed by atoms with Crippen LogP contribution in [0.25, 0.3) is 11.2 Å². The predicted octanol–water partition coefficient (Wildman–Crippen LogP) is 1.12. The van der Waals surface area contributed by atoms with E-state index in [0.717, 1.165) is 25.9 Å². The van der Waals surface area contributed by atoms with E-state index in [9.17, 15) is 14.7 Å². The molecule has 0 amide bonds. The molecule has 29 heavy (non-hydrogen) atoms. The van der Waals surface area contributed by atoms with Crippen LogP contribution in [0, 0.1) is 0 Å². The minimum Gasteiger partial charge on any atom is -0.491 e. The summed E-state index contributed by atoms with van der Waals surface area (Å²) in [7, 11) is 1.56. The summed E-state index contributed by atoms with van der Waals surface area (Å²) in [4.78, 5) is 33.4. The largest absolute Gasteiger partial charge is 0.491 e. The van der Waals surface area contributed by atoms with Gasteiger partial charge in [0.2, 0.25) is 5.95 Å². The predicted molar refractivity (Wildman–Crippen MR) is 110 cm³/mol. The molecule has 1 aliphatic heterocycles. The highest BCUT2D eigenvalue weighted by atomic mass is 35.5. The van der Waals surface area contributed by atoms with Crippen molar-refractivity contribution >= 4 is 28.7 Å². The quantitative estimate of drug-likeness (QED) is 0.620. The fourth-order valence-corrected chi connectivity index (χ4v) is 3.67. The first-order valence-electron chi connectivity index (χ1n) is 9.45. The average molecular weight is 420 g/mol. The van der Waals surface area contributed by atoms with Crippen LogP contribution in [-0.2, 0) is 13.6 Å². The molecule has 3 aromatic rings. The van der Waals surface area contributed by atoms with Crippen molar-refractivity contribution in [2.24, 2.45) is 7.05 Å². The first-order chi connectivity index (χ1) is 13.9. The van der Waals surface area contributed by atoms with E-state index in [4.69, 9.17) is 16.3 Å². The fraction of sp³-hybridized carbons (Fsp3) is 0.421. The summed E-state index contributed by atoms with van der Waals surface area (Å²) in [6.07, 6.45) is 1.17. The van der Waals surface area contributed by atoms with E-state index in [0.29, 0.717) is 22.4 Å². The summed E-state index contributed by atoms with van der Waals surface area (Å²) in [6, 6.07) is 6.85. The van der Waals surface area contributed by atoms with E-state index < -0.39 is 17.4 Å². The molecule has 9 nitrogen and oxygen atoms in total. The summed E-state index contributed by atoms with van der Waals surface area (Å²) in [5.41, 5.74) is -0.482. The van der Waals surface area contributed by atoms with Gasteiger partial charge in [0.25, 0.3) is 5.56 Å². The Morgan fingerprint density at radius 1 is 1.24 bits per heavy atom. The Labute approximate surface area is 171 Å². The van der Waals surface area contributed by atoms with E-state index in [1.54, 1.807) is 35.9 Å². The Balaban J connectivity index is 1.65. The topological polar surface area (TPSA) is 105 Å². The number of aromatic amines is 1. The molecule has 1 atom stereocenters. The maximum absolute atomic E-state index is 12.5. The summed E-state index contributed by atoms with van der Waals surface area (Å²) in [6.45, 7) is 1.76. The Morgan fingerprint density at radius 2 is 1.93 bits per heavy atom. The van der Waals surface area contributed by atoms with Crippen LogP contribution in [0.2, 0.25) is 5.02 Å². The number of benzene rings is 1. The van der Waals surface area contributed by atoms with Crippen LogP contribution >= 0.6 is 11.6 Å². The van der Waals surface area contributed by atoms with Crippen LogP contribution < -0.4 is 20.9 Å². The number of aliphatic hydroxyl groups excluding tert-OH is 1. The van der Waals surface area contributed by atoms with Gasteiger partial charge in [0.1, 0.15) is 18.5 Å². The number of hydrogen-bond donors (Lipinski definition) is 2. The normalized spacial score (nSPS) is 15.2. The Bertz CT molecular complexity index is 1130. The molecule has 0 bridgehead atoms. The number of rotatable bonds is 6. The van der Waals surface area contributed by atoms with Gasteiger partial charge >= 0.3 is 5.69 Å². The third kappa shape index (κ3) is 3.88. The fourth-order valence-electron chi connectivity index (χ4n) is 3.54. The van der Waals surface area contributed by atoms with Gasteiger partial charge in [0.15, 0.2) is 11.2 Å². The minimum atomic E-state index is -0.888. The lowest BCUT2D eigenvalue weighted by Crippen LogP contribution is -2.31. The standard InChI is InChI=1S/C19H22ClN5O4/c1-23-16-15(17(27)22-19(23)28)25(18(21-16)24-8-2-3-9-24)10-13(26)11-29-14-6-4-12(20)5-7-14/h4-7,13,26H,2-3,8-11H2,1H3,(H,22,27,28)/t13-/m0/s1. The van der Waals surface area contributed by atoms with Crippen molar-refractivity contribution in [3.63, 3.8) is 0 Å². The number of hydrogen-bond acceptors (Lipinski definition) is 6. The maximum Gasteiger partial charge on any atom is 0.329 e. The zero-order valence-corrected chi connectivity index (χ0v) is 16.7. The summed E-state index contributed by atoms with van der Waals surface area (Å²) in [5.74, 6) is 1.17. The van der Waals surface area contributed by atoms with E-state index in [-0.39, 0.29) is 18.7 Å². The number of ether oxygens (including phenoxy) is 1. The Hall–Kier alpha value is -2.78. The first kappa shape index (κ1) is 19.5. The van der Waals surface area contributed by atoms with E-state index in [1.807, 2.05) is 0 Å². The van der Waals surface area contributed by atoms with Gasteiger partial charge in [-0.2, -0.15) is 4.98 Å². The summed E-state index contributed by atoms with van der Waals surface area (Å²) >= 11 is 5.87. The van der Waals surface area contributed by atoms with Gasteiger partial charge in [-0.15, -0.1) is 0 Å². The van der Waals surface area contributed by atoms with Crippen molar-refractivity contribution < 1.29 is 9.84 Å². The number of aromatic nitrogens is 4. The third-order valence-corrected chi connectivity index (χ3v) is 5.28. The number of H-pyrrole nitrogens is 1. The molecule has 1 fully saturated rings. The SMILES string of the molecule is Cn1c(=O)[nH]c(=O)c2c1nc(N1CCCC1)n2C[C@H](O)COc1ccc(Cl)cc1. The molecule has 3 heterocycles. The highest BCUT2D eigenvalue weighted by Gasteiger charge is 2.25. The molecule has 1 aromatic carbocycles. The molecular weight excluding hydrogens is 398 g/mol. The van der Waals surface area contributed by atoms with Crippen LogP contribution in [0.3, 0.4) is 0 Å². The molecule has 1 aliphatic rings. The minimum absolute atomic E-state index is 0.0322. The first-order valence-corrected chi connectivity index (χ1v) is 9.83. The lowest BCUT2D eigenvalue weighted by Gasteiger charge is -2.20. The monoisotopic (exact) mass is 419 g/mol. The number of imidazole rings is 1. The molecule has 0 unspecified atom stereocenters. The van der Waals surface area contributed by atoms with Crippen molar-refractivity contribution in [3.05, 3.63) is 50.1 Å². The second-order valence-corrected chi connectivity index (χ2v) is 7.56. The third-order valence-electron chi connectivity index (χ3n) is 5.03. The van der Waals surface area contributed by atoms with E-state index in [1.165, 1.54) is 4.57 Å². The van der Waals surface area contributed by atoms with Crippen LogP contribution in [-0.4, -0.2) is 50.0 Å². The lowest BCUT2D eigenvalue weighted by molar-refractivity contribution is 0.0936. The summed E-state index contributed by atoms with van der Waals surface area (Å²) < 4.78 is 8.61. The zero-order valence-electron chi connectivity index (χ0n) is 16.0. The second kappa shape index (κ2) is 7.92. The van der Waals surface area contributed by atoms with Crippen molar-refractivity contribution in [2.45, 2.75) is 25.5 Å². The molecular formula is C19H22ClN5O4. The summed E-state index contributed by atoms with van der Waals surface area (Å²) in [5, 5.41) is 11.2. The van der Waals surface area contributed by atoms with Gasteiger partial charge in [-0.25, -0.2) is 4.79 Å². The zero-order chi connectivity index (χ0) is 20.5. The molecule has 0 spiro atoms. The van der Waals surface area contributed by atoms with Gasteiger partial charge < -0.3 is 19.3 Å². The molecule has 2 aromatic heterocycles. The van der Waals surface area contributed by atoms with Crippen LogP contribution in [0.15, 0.2) is 33.9 Å². The Morgan fingerprint density at radius 3 is 2.62 bits per heavy atom. The lowest BCUT2D eigenvalue weighted by atomic mass is 10.3. The van der Waals surface area contributed by atoms with Gasteiger partial charge in [0.05, 0.1) is 6.54 Å². The average Bonchev–Trinajstić information content (AvgIpc) is 3.34. The molecule has 1 saturated heterocycles. The maximum atomic E-state index is 12.5. The van der Waals surface area contributed by atoms with E-state index >= 15 is 0 Å². The second-order valence-electron chi connectivity index (χ2n) is 7.13. The van der Waals surface area contributed by atoms with Crippen molar-refractivity contribution in [1.82, 2.24) is 19.1 Å². The van der Waals surface area contributed by atoms with Gasteiger partial charge in [-0.05, 0) is 37.1 Å². The highest BCUT2D eigenvalue weighted by molar-refractivity contribution is 6.30. The molecule has 4 rings (SSSR count). The van der Waals surface area contributed by atoms with Gasteiger partial charge in [0, 0.05) is 25.2 Å². The number of fused-ring (bicyclic) bond motifs is 1. The molecule has 0 saturated carbocycles. The van der Waals surface area contributed by atoms with Crippen molar-refractivity contribution in [2.75, 3.05) is 24.6 Å². The van der Waals surface area contributed by atoms with Crippen molar-refractivity contribution in [1.29, 1.82) is 0 Å². The molecule has 0 radical (unpaired) electrons. The smallest absolute Gasteiger partial charge is 0.329 e. The number of nitrogens with one attached hydrogen (secondary N) is 1. The van der Waals surface area contributed by atoms with Gasteiger partial charge in [-0.1, -0.05) is 11.6 Å². The molecule has 154 valence electrons. The van der Waals surface area contributed by atoms with Crippen LogP contribution in [0.5, 0.6) is 5.75 Å². The molecule has 10 heteroatoms. The number of anilines is 1. The van der Waals surface area contributed by atoms with Gasteiger partial charge in [-0.3, -0.25) is 14.3 Å². The highest BCUT2D eigenvalue weighted by Crippen LogP contribution is 2.24. The number of aryl methyl sites for hydroxylation is 1. The Kier molecular flexibility index (Phi) is 5.33. The van der Waals surface area contributed by atoms with Crippen LogP contribution in [0.1, 0.15) is 12.8 Å².